The summed E-state index contributed by atoms with van der Waals surface area (Å²) in [5.74, 6) is -2.68. The molecule has 0 radical (unpaired) electrons. The van der Waals surface area contributed by atoms with Crippen molar-refractivity contribution >= 4 is 0 Å². The van der Waals surface area contributed by atoms with Crippen molar-refractivity contribution in [3.05, 3.63) is 54.0 Å². The van der Waals surface area contributed by atoms with Crippen molar-refractivity contribution in [3.8, 4) is 11.6 Å². The van der Waals surface area contributed by atoms with Gasteiger partial charge >= 0.3 is 0 Å². The molecular formula is C11H6F3NO. The monoisotopic (exact) mass is 225 g/mol. The van der Waals surface area contributed by atoms with E-state index in [4.69, 9.17) is 4.74 Å². The molecular weight excluding hydrogens is 219 g/mol. The molecule has 0 fully saturated rings. The minimum absolute atomic E-state index is 0.0222. The molecule has 0 unspecified atom stereocenters. The third-order valence-electron chi connectivity index (χ3n) is 1.80. The lowest BCUT2D eigenvalue weighted by molar-refractivity contribution is 0.435. The number of halogens is 3. The molecule has 0 saturated carbocycles. The summed E-state index contributed by atoms with van der Waals surface area (Å²) in [4.78, 5) is 3.42. The van der Waals surface area contributed by atoms with Crippen LogP contribution in [0.3, 0.4) is 0 Å². The Morgan fingerprint density at radius 2 is 1.75 bits per heavy atom. The highest BCUT2D eigenvalue weighted by atomic mass is 19.2. The van der Waals surface area contributed by atoms with Crippen molar-refractivity contribution in [2.24, 2.45) is 0 Å². The quantitative estimate of drug-likeness (QED) is 0.731. The first-order valence-corrected chi connectivity index (χ1v) is 4.40. The van der Waals surface area contributed by atoms with Gasteiger partial charge in [0.25, 0.3) is 0 Å². The zero-order valence-corrected chi connectivity index (χ0v) is 7.95. The molecule has 0 bridgehead atoms. The molecule has 0 aliphatic carbocycles. The summed E-state index contributed by atoms with van der Waals surface area (Å²) in [6.45, 7) is 0. The number of aromatic nitrogens is 1. The predicted octanol–water partition coefficient (Wildman–Crippen LogP) is 3.29. The Labute approximate surface area is 89.3 Å². The largest absolute Gasteiger partial charge is 0.439 e. The van der Waals surface area contributed by atoms with Crippen molar-refractivity contribution in [1.29, 1.82) is 0 Å². The maximum Gasteiger partial charge on any atom is 0.221 e. The lowest BCUT2D eigenvalue weighted by Crippen LogP contribution is -1.91. The van der Waals surface area contributed by atoms with E-state index in [1.165, 1.54) is 18.2 Å². The minimum atomic E-state index is -1.03. The average molecular weight is 225 g/mol. The zero-order valence-electron chi connectivity index (χ0n) is 7.95. The van der Waals surface area contributed by atoms with Crippen molar-refractivity contribution in [1.82, 2.24) is 4.98 Å². The summed E-state index contributed by atoms with van der Waals surface area (Å²) in [5, 5.41) is 0. The molecule has 0 aliphatic heterocycles. The zero-order chi connectivity index (χ0) is 11.5. The first-order valence-electron chi connectivity index (χ1n) is 4.40. The fraction of sp³-hybridized carbons (Fsp3) is 0. The Bertz CT molecular complexity index is 516. The second-order valence-corrected chi connectivity index (χ2v) is 2.98. The van der Waals surface area contributed by atoms with Gasteiger partial charge in [-0.25, -0.2) is 8.78 Å². The van der Waals surface area contributed by atoms with E-state index in [0.717, 1.165) is 18.2 Å². The Morgan fingerprint density at radius 1 is 0.938 bits per heavy atom. The fourth-order valence-corrected chi connectivity index (χ4v) is 1.11. The first-order chi connectivity index (χ1) is 7.65. The van der Waals surface area contributed by atoms with Crippen LogP contribution in [0.15, 0.2) is 36.4 Å². The standard InChI is InChI=1S/C11H6F3NO/c12-8-5-4-7(6-9(8)13)16-11-3-1-2-10(14)15-11/h1-6H. The Hall–Kier alpha value is -2.04. The molecule has 16 heavy (non-hydrogen) atoms. The number of nitrogens with zero attached hydrogens (tertiary/aromatic N) is 1. The van der Waals surface area contributed by atoms with Gasteiger partial charge in [-0.2, -0.15) is 9.37 Å². The smallest absolute Gasteiger partial charge is 0.221 e. The highest BCUT2D eigenvalue weighted by molar-refractivity contribution is 5.27. The number of rotatable bonds is 2. The molecule has 5 heteroatoms. The van der Waals surface area contributed by atoms with Gasteiger partial charge < -0.3 is 4.74 Å². The number of hydrogen-bond donors (Lipinski definition) is 0. The van der Waals surface area contributed by atoms with Crippen LogP contribution in [-0.4, -0.2) is 4.98 Å². The fourth-order valence-electron chi connectivity index (χ4n) is 1.11. The maximum atomic E-state index is 12.8. The molecule has 0 saturated heterocycles. The first kappa shape index (κ1) is 10.5. The molecule has 2 aromatic rings. The summed E-state index contributed by atoms with van der Waals surface area (Å²) < 4.78 is 43.1. The molecule has 0 N–H and O–H groups in total. The summed E-state index contributed by atoms with van der Waals surface area (Å²) in [7, 11) is 0. The topological polar surface area (TPSA) is 22.1 Å². The van der Waals surface area contributed by atoms with Crippen LogP contribution in [0.25, 0.3) is 0 Å². The molecule has 0 spiro atoms. The van der Waals surface area contributed by atoms with Crippen molar-refractivity contribution in [3.63, 3.8) is 0 Å². The van der Waals surface area contributed by atoms with E-state index in [1.54, 1.807) is 0 Å². The Kier molecular flexibility index (Phi) is 2.76. The van der Waals surface area contributed by atoms with Crippen molar-refractivity contribution < 1.29 is 17.9 Å². The van der Waals surface area contributed by atoms with Crippen LogP contribution in [0.2, 0.25) is 0 Å². The molecule has 2 rings (SSSR count). The van der Waals surface area contributed by atoms with Crippen LogP contribution >= 0.6 is 0 Å². The van der Waals surface area contributed by atoms with Crippen LogP contribution in [0, 0.1) is 17.6 Å². The van der Waals surface area contributed by atoms with Gasteiger partial charge in [-0.3, -0.25) is 0 Å². The molecule has 1 aromatic heterocycles. The van der Waals surface area contributed by atoms with Gasteiger partial charge in [0.2, 0.25) is 11.8 Å². The van der Waals surface area contributed by atoms with Gasteiger partial charge in [-0.05, 0) is 18.2 Å². The predicted molar refractivity (Wildman–Crippen MR) is 50.6 cm³/mol. The maximum absolute atomic E-state index is 12.8. The van der Waals surface area contributed by atoms with E-state index in [1.807, 2.05) is 0 Å². The number of ether oxygens (including phenoxy) is 1. The summed E-state index contributed by atoms with van der Waals surface area (Å²) in [6.07, 6.45) is 0. The van der Waals surface area contributed by atoms with Crippen LogP contribution in [0.4, 0.5) is 13.2 Å². The van der Waals surface area contributed by atoms with Crippen LogP contribution in [0.5, 0.6) is 11.6 Å². The summed E-state index contributed by atoms with van der Waals surface area (Å²) in [5.41, 5.74) is 0. The molecule has 82 valence electrons. The molecule has 0 atom stereocenters. The van der Waals surface area contributed by atoms with Gasteiger partial charge in [0.15, 0.2) is 11.6 Å². The van der Waals surface area contributed by atoms with Crippen LogP contribution in [0.1, 0.15) is 0 Å². The van der Waals surface area contributed by atoms with Gasteiger partial charge in [-0.1, -0.05) is 6.07 Å². The molecule has 0 aliphatic rings. The van der Waals surface area contributed by atoms with E-state index in [9.17, 15) is 13.2 Å². The van der Waals surface area contributed by atoms with Gasteiger partial charge in [0.1, 0.15) is 5.75 Å². The Balaban J connectivity index is 2.24. The van der Waals surface area contributed by atoms with Crippen LogP contribution < -0.4 is 4.74 Å². The number of benzene rings is 1. The SMILES string of the molecule is Fc1cccc(Oc2ccc(F)c(F)c2)n1. The molecule has 0 amide bonds. The number of hydrogen-bond acceptors (Lipinski definition) is 2. The Morgan fingerprint density at radius 3 is 2.44 bits per heavy atom. The van der Waals surface area contributed by atoms with E-state index in [2.05, 4.69) is 4.98 Å². The summed E-state index contributed by atoms with van der Waals surface area (Å²) in [6, 6.07) is 6.97. The van der Waals surface area contributed by atoms with E-state index < -0.39 is 17.6 Å². The van der Waals surface area contributed by atoms with Crippen molar-refractivity contribution in [2.45, 2.75) is 0 Å². The summed E-state index contributed by atoms with van der Waals surface area (Å²) >= 11 is 0. The highest BCUT2D eigenvalue weighted by Crippen LogP contribution is 2.21. The third kappa shape index (κ3) is 2.31. The van der Waals surface area contributed by atoms with Gasteiger partial charge in [-0.15, -0.1) is 0 Å². The van der Waals surface area contributed by atoms with Gasteiger partial charge in [0, 0.05) is 12.1 Å². The lowest BCUT2D eigenvalue weighted by atomic mass is 10.3. The molecule has 1 aromatic carbocycles. The van der Waals surface area contributed by atoms with E-state index in [0.29, 0.717) is 0 Å². The van der Waals surface area contributed by atoms with E-state index in [-0.39, 0.29) is 11.6 Å². The average Bonchev–Trinajstić information content (AvgIpc) is 2.24. The molecule has 2 nitrogen and oxygen atoms in total. The van der Waals surface area contributed by atoms with E-state index >= 15 is 0 Å². The van der Waals surface area contributed by atoms with Crippen molar-refractivity contribution in [2.75, 3.05) is 0 Å². The minimum Gasteiger partial charge on any atom is -0.439 e. The molecule has 1 heterocycles. The second kappa shape index (κ2) is 4.22. The van der Waals surface area contributed by atoms with Gasteiger partial charge in [0.05, 0.1) is 0 Å². The van der Waals surface area contributed by atoms with Crippen LogP contribution in [-0.2, 0) is 0 Å². The third-order valence-corrected chi connectivity index (χ3v) is 1.80. The second-order valence-electron chi connectivity index (χ2n) is 2.98. The lowest BCUT2D eigenvalue weighted by Gasteiger charge is -2.04. The highest BCUT2D eigenvalue weighted by Gasteiger charge is 2.05. The number of pyridine rings is 1. The normalized spacial score (nSPS) is 10.2.